The molecule has 0 radical (unpaired) electrons. The van der Waals surface area contributed by atoms with Crippen molar-refractivity contribution < 1.29 is 14.0 Å². The molecule has 1 aliphatic rings. The van der Waals surface area contributed by atoms with E-state index in [-0.39, 0.29) is 29.7 Å². The van der Waals surface area contributed by atoms with Crippen LogP contribution in [0.4, 0.5) is 4.39 Å². The predicted octanol–water partition coefficient (Wildman–Crippen LogP) is 4.05. The Hall–Kier alpha value is -3.47. The van der Waals surface area contributed by atoms with Crippen molar-refractivity contribution in [3.63, 3.8) is 0 Å². The fraction of sp³-hybridized carbons (Fsp3) is 0.200. The average Bonchev–Trinajstić information content (AvgIpc) is 2.79. The zero-order valence-corrected chi connectivity index (χ0v) is 16.5. The highest BCUT2D eigenvalue weighted by Gasteiger charge is 2.36. The summed E-state index contributed by atoms with van der Waals surface area (Å²) in [6.07, 6.45) is 0.201. The predicted molar refractivity (Wildman–Crippen MR) is 113 cm³/mol. The first kappa shape index (κ1) is 19.8. The number of amides is 2. The lowest BCUT2D eigenvalue weighted by Gasteiger charge is -2.36. The number of carbonyl (C=O) groups is 2. The van der Waals surface area contributed by atoms with Crippen LogP contribution < -0.4 is 5.32 Å². The van der Waals surface area contributed by atoms with Gasteiger partial charge in [-0.1, -0.05) is 78.9 Å². The molecule has 152 valence electrons. The summed E-state index contributed by atoms with van der Waals surface area (Å²) >= 11 is 0. The fourth-order valence-electron chi connectivity index (χ4n) is 4.03. The van der Waals surface area contributed by atoms with E-state index in [4.69, 9.17) is 0 Å². The topological polar surface area (TPSA) is 49.4 Å². The van der Waals surface area contributed by atoms with Gasteiger partial charge in [0.15, 0.2) is 0 Å². The molecular formula is C25H23FN2O2. The first-order chi connectivity index (χ1) is 14.6. The van der Waals surface area contributed by atoms with Gasteiger partial charge in [-0.2, -0.15) is 0 Å². The number of hydrogen-bond acceptors (Lipinski definition) is 2. The van der Waals surface area contributed by atoms with Crippen molar-refractivity contribution in [2.45, 2.75) is 18.4 Å². The van der Waals surface area contributed by atoms with E-state index in [2.05, 4.69) is 5.32 Å². The highest BCUT2D eigenvalue weighted by molar-refractivity contribution is 5.90. The monoisotopic (exact) mass is 402 g/mol. The molecule has 1 N–H and O–H groups in total. The van der Waals surface area contributed by atoms with Crippen LogP contribution in [0.25, 0.3) is 0 Å². The Balaban J connectivity index is 1.66. The van der Waals surface area contributed by atoms with Crippen LogP contribution >= 0.6 is 0 Å². The highest BCUT2D eigenvalue weighted by Crippen LogP contribution is 2.32. The Morgan fingerprint density at radius 3 is 2.10 bits per heavy atom. The summed E-state index contributed by atoms with van der Waals surface area (Å²) in [4.78, 5) is 27.5. The van der Waals surface area contributed by atoms with Gasteiger partial charge in [-0.25, -0.2) is 4.39 Å². The molecular weight excluding hydrogens is 379 g/mol. The van der Waals surface area contributed by atoms with Gasteiger partial charge in [-0.3, -0.25) is 9.59 Å². The maximum Gasteiger partial charge on any atom is 0.247 e. The third-order valence-electron chi connectivity index (χ3n) is 5.51. The Morgan fingerprint density at radius 2 is 1.50 bits per heavy atom. The average molecular weight is 402 g/mol. The summed E-state index contributed by atoms with van der Waals surface area (Å²) in [7, 11) is 0. The number of rotatable bonds is 5. The molecule has 1 fully saturated rings. The third-order valence-corrected chi connectivity index (χ3v) is 5.51. The Kier molecular flexibility index (Phi) is 5.89. The van der Waals surface area contributed by atoms with Crippen LogP contribution in [0, 0.1) is 5.82 Å². The Bertz CT molecular complexity index is 984. The van der Waals surface area contributed by atoms with E-state index in [1.807, 2.05) is 60.7 Å². The second-order valence-electron chi connectivity index (χ2n) is 7.38. The third kappa shape index (κ3) is 4.10. The zero-order valence-electron chi connectivity index (χ0n) is 16.5. The molecule has 4 rings (SSSR count). The number of nitrogens with one attached hydrogen (secondary N) is 1. The van der Waals surface area contributed by atoms with Crippen LogP contribution in [0.15, 0.2) is 84.9 Å². The molecule has 0 aliphatic carbocycles. The number of hydrogen-bond donors (Lipinski definition) is 1. The van der Waals surface area contributed by atoms with Gasteiger partial charge in [-0.15, -0.1) is 0 Å². The van der Waals surface area contributed by atoms with E-state index < -0.39 is 11.9 Å². The lowest BCUT2D eigenvalue weighted by molar-refractivity contribution is -0.143. The summed E-state index contributed by atoms with van der Waals surface area (Å²) in [5, 5.41) is 2.76. The van der Waals surface area contributed by atoms with E-state index in [0.29, 0.717) is 13.1 Å². The first-order valence-electron chi connectivity index (χ1n) is 10.1. The number of benzene rings is 3. The van der Waals surface area contributed by atoms with Gasteiger partial charge in [0.1, 0.15) is 11.9 Å². The van der Waals surface area contributed by atoms with Crippen LogP contribution in [0.1, 0.15) is 35.1 Å². The van der Waals surface area contributed by atoms with Crippen molar-refractivity contribution in [1.29, 1.82) is 0 Å². The number of nitrogens with zero attached hydrogens (tertiary/aromatic N) is 1. The van der Waals surface area contributed by atoms with Crippen molar-refractivity contribution in [3.05, 3.63) is 107 Å². The molecule has 30 heavy (non-hydrogen) atoms. The molecule has 4 nitrogen and oxygen atoms in total. The SMILES string of the molecule is O=C1NCCN(C(=O)CC(c2ccccc2)c2ccccc2)C1c1ccccc1F. The van der Waals surface area contributed by atoms with Gasteiger partial charge in [0.25, 0.3) is 0 Å². The molecule has 2 amide bonds. The lowest BCUT2D eigenvalue weighted by Crippen LogP contribution is -2.52. The molecule has 1 unspecified atom stereocenters. The summed E-state index contributed by atoms with van der Waals surface area (Å²) in [5.41, 5.74) is 2.28. The summed E-state index contributed by atoms with van der Waals surface area (Å²) in [5.74, 6) is -1.15. The van der Waals surface area contributed by atoms with Crippen LogP contribution in [0.3, 0.4) is 0 Å². The second-order valence-corrected chi connectivity index (χ2v) is 7.38. The number of piperazine rings is 1. The molecule has 1 heterocycles. The number of halogens is 1. The van der Waals surface area contributed by atoms with Crippen molar-refractivity contribution in [3.8, 4) is 0 Å². The second kappa shape index (κ2) is 8.91. The molecule has 3 aromatic rings. The summed E-state index contributed by atoms with van der Waals surface area (Å²) in [6.45, 7) is 0.705. The van der Waals surface area contributed by atoms with Gasteiger partial charge >= 0.3 is 0 Å². The van der Waals surface area contributed by atoms with Crippen molar-refractivity contribution >= 4 is 11.8 Å². The van der Waals surface area contributed by atoms with Crippen molar-refractivity contribution in [2.75, 3.05) is 13.1 Å². The number of carbonyl (C=O) groups excluding carboxylic acids is 2. The molecule has 0 spiro atoms. The minimum Gasteiger partial charge on any atom is -0.352 e. The van der Waals surface area contributed by atoms with Crippen molar-refractivity contribution in [2.24, 2.45) is 0 Å². The van der Waals surface area contributed by atoms with E-state index in [9.17, 15) is 14.0 Å². The maximum atomic E-state index is 14.5. The molecule has 5 heteroatoms. The first-order valence-corrected chi connectivity index (χ1v) is 10.1. The minimum atomic E-state index is -0.959. The van der Waals surface area contributed by atoms with E-state index in [1.165, 1.54) is 11.0 Å². The van der Waals surface area contributed by atoms with Gasteiger partial charge in [0.05, 0.1) is 0 Å². The van der Waals surface area contributed by atoms with Gasteiger partial charge in [0.2, 0.25) is 11.8 Å². The Labute approximate surface area is 175 Å². The molecule has 1 aliphatic heterocycles. The molecule has 0 saturated carbocycles. The van der Waals surface area contributed by atoms with E-state index in [0.717, 1.165) is 11.1 Å². The fourth-order valence-corrected chi connectivity index (χ4v) is 4.03. The molecule has 3 aromatic carbocycles. The molecule has 1 atom stereocenters. The van der Waals surface area contributed by atoms with Gasteiger partial charge in [0, 0.05) is 31.0 Å². The van der Waals surface area contributed by atoms with Crippen LogP contribution in [0.2, 0.25) is 0 Å². The summed E-state index contributed by atoms with van der Waals surface area (Å²) in [6, 6.07) is 24.9. The molecule has 0 bridgehead atoms. The minimum absolute atomic E-state index is 0.147. The largest absolute Gasteiger partial charge is 0.352 e. The van der Waals surface area contributed by atoms with Crippen LogP contribution in [-0.2, 0) is 9.59 Å². The van der Waals surface area contributed by atoms with Crippen molar-refractivity contribution in [1.82, 2.24) is 10.2 Å². The smallest absolute Gasteiger partial charge is 0.247 e. The standard InChI is InChI=1S/C25H23FN2O2/c26-22-14-8-7-13-20(22)24-25(30)27-15-16-28(24)23(29)17-21(18-9-3-1-4-10-18)19-11-5-2-6-12-19/h1-14,21,24H,15-17H2,(H,27,30). The molecule has 1 saturated heterocycles. The Morgan fingerprint density at radius 1 is 0.933 bits per heavy atom. The van der Waals surface area contributed by atoms with E-state index >= 15 is 0 Å². The van der Waals surface area contributed by atoms with Gasteiger partial charge < -0.3 is 10.2 Å². The zero-order chi connectivity index (χ0) is 20.9. The normalized spacial score (nSPS) is 16.4. The van der Waals surface area contributed by atoms with Crippen LogP contribution in [0.5, 0.6) is 0 Å². The van der Waals surface area contributed by atoms with Crippen LogP contribution in [-0.4, -0.2) is 29.8 Å². The summed E-state index contributed by atoms with van der Waals surface area (Å²) < 4.78 is 14.5. The lowest BCUT2D eigenvalue weighted by atomic mass is 9.87. The quantitative estimate of drug-likeness (QED) is 0.700. The van der Waals surface area contributed by atoms with Gasteiger partial charge in [-0.05, 0) is 17.2 Å². The molecule has 0 aromatic heterocycles. The van der Waals surface area contributed by atoms with E-state index in [1.54, 1.807) is 18.2 Å². The highest BCUT2D eigenvalue weighted by atomic mass is 19.1. The maximum absolute atomic E-state index is 14.5.